The zero-order valence-electron chi connectivity index (χ0n) is 19.8. The van der Waals surface area contributed by atoms with Crippen LogP contribution in [0.25, 0.3) is 11.0 Å². The Morgan fingerprint density at radius 2 is 2.03 bits per heavy atom. The fourth-order valence-corrected chi connectivity index (χ4v) is 5.08. The van der Waals surface area contributed by atoms with E-state index in [0.717, 1.165) is 30.3 Å². The number of rotatable bonds is 7. The van der Waals surface area contributed by atoms with Crippen molar-refractivity contribution in [1.82, 2.24) is 19.8 Å². The number of nitrogens with one attached hydrogen (secondary N) is 1. The first kappa shape index (κ1) is 22.8. The second kappa shape index (κ2) is 9.22. The summed E-state index contributed by atoms with van der Waals surface area (Å²) < 4.78 is 7.61. The van der Waals surface area contributed by atoms with Gasteiger partial charge < -0.3 is 19.5 Å². The van der Waals surface area contributed by atoms with Crippen LogP contribution in [0.1, 0.15) is 70.4 Å². The highest BCUT2D eigenvalue weighted by Crippen LogP contribution is 2.32. The number of benzene rings is 1. The topological polar surface area (TPSA) is 76.5 Å². The lowest BCUT2D eigenvalue weighted by molar-refractivity contribution is -0.134. The van der Waals surface area contributed by atoms with Gasteiger partial charge in [-0.05, 0) is 58.1 Å². The summed E-state index contributed by atoms with van der Waals surface area (Å²) in [7, 11) is 0. The molecule has 2 heterocycles. The smallest absolute Gasteiger partial charge is 0.290 e. The number of para-hydroxylation sites is 2. The number of imidazole rings is 1. The molecule has 1 fully saturated rings. The molecule has 2 aliphatic rings. The largest absolute Gasteiger partial charge is 0.379 e. The van der Waals surface area contributed by atoms with Crippen LogP contribution in [0.4, 0.5) is 0 Å². The first-order chi connectivity index (χ1) is 15.3. The summed E-state index contributed by atoms with van der Waals surface area (Å²) >= 11 is 0. The molecule has 174 valence electrons. The maximum atomic E-state index is 13.7. The number of nitrogens with zero attached hydrogens (tertiary/aromatic N) is 3. The molecule has 32 heavy (non-hydrogen) atoms. The first-order valence-corrected chi connectivity index (χ1v) is 12.0. The van der Waals surface area contributed by atoms with Gasteiger partial charge in [-0.25, -0.2) is 4.98 Å². The van der Waals surface area contributed by atoms with E-state index in [-0.39, 0.29) is 24.0 Å². The average molecular weight is 441 g/mol. The zero-order chi connectivity index (χ0) is 22.9. The van der Waals surface area contributed by atoms with Crippen molar-refractivity contribution in [3.8, 4) is 0 Å². The lowest BCUT2D eigenvalue weighted by Gasteiger charge is -2.44. The molecule has 7 heteroatoms. The van der Waals surface area contributed by atoms with Crippen LogP contribution in [0.15, 0.2) is 24.3 Å². The van der Waals surface area contributed by atoms with Crippen LogP contribution in [-0.4, -0.2) is 57.1 Å². The minimum Gasteiger partial charge on any atom is -0.379 e. The van der Waals surface area contributed by atoms with Gasteiger partial charge in [0.05, 0.1) is 23.7 Å². The molecule has 3 atom stereocenters. The number of aromatic nitrogens is 2. The van der Waals surface area contributed by atoms with E-state index in [0.29, 0.717) is 37.9 Å². The van der Waals surface area contributed by atoms with Gasteiger partial charge in [0, 0.05) is 19.2 Å². The Bertz CT molecular complexity index is 985. The minimum atomic E-state index is -0.984. The minimum absolute atomic E-state index is 0.0715. The van der Waals surface area contributed by atoms with Gasteiger partial charge in [0.15, 0.2) is 5.82 Å². The molecule has 0 bridgehead atoms. The average Bonchev–Trinajstić information content (AvgIpc) is 3.13. The van der Waals surface area contributed by atoms with Gasteiger partial charge in [0.2, 0.25) is 5.91 Å². The van der Waals surface area contributed by atoms with Crippen molar-refractivity contribution < 1.29 is 14.3 Å². The summed E-state index contributed by atoms with van der Waals surface area (Å²) in [6.45, 7) is 9.50. The van der Waals surface area contributed by atoms with E-state index in [1.807, 2.05) is 49.6 Å². The normalized spacial score (nSPS) is 25.9. The Morgan fingerprint density at radius 1 is 1.28 bits per heavy atom. The molecule has 0 spiro atoms. The number of ether oxygens (including phenoxy) is 1. The van der Waals surface area contributed by atoms with Gasteiger partial charge in [-0.1, -0.05) is 31.9 Å². The van der Waals surface area contributed by atoms with Crippen LogP contribution in [0.5, 0.6) is 0 Å². The maximum Gasteiger partial charge on any atom is 0.290 e. The van der Waals surface area contributed by atoms with Crippen LogP contribution >= 0.6 is 0 Å². The summed E-state index contributed by atoms with van der Waals surface area (Å²) in [5.41, 5.74) is 0.691. The predicted molar refractivity (Wildman–Crippen MR) is 124 cm³/mol. The molecular weight excluding hydrogens is 404 g/mol. The second-order valence-corrected chi connectivity index (χ2v) is 9.86. The second-order valence-electron chi connectivity index (χ2n) is 9.86. The van der Waals surface area contributed by atoms with Gasteiger partial charge in [-0.2, -0.15) is 0 Å². The Kier molecular flexibility index (Phi) is 6.56. The number of carbonyl (C=O) groups is 2. The quantitative estimate of drug-likeness (QED) is 0.665. The summed E-state index contributed by atoms with van der Waals surface area (Å²) in [4.78, 5) is 33.7. The Morgan fingerprint density at radius 3 is 2.78 bits per heavy atom. The molecular formula is C25H36N4O3. The molecule has 2 aromatic rings. The Balaban J connectivity index is 1.64. The van der Waals surface area contributed by atoms with E-state index >= 15 is 0 Å². The third-order valence-electron chi connectivity index (χ3n) is 7.05. The number of fused-ring (bicyclic) bond motifs is 3. The number of amides is 2. The molecule has 1 saturated carbocycles. The van der Waals surface area contributed by atoms with Crippen LogP contribution in [-0.2, 0) is 16.1 Å². The van der Waals surface area contributed by atoms with Gasteiger partial charge in [0.25, 0.3) is 5.91 Å². The molecule has 0 unspecified atom stereocenters. The fraction of sp³-hybridized carbons (Fsp3) is 0.640. The summed E-state index contributed by atoms with van der Waals surface area (Å²) in [5.74, 6) is 0.601. The predicted octanol–water partition coefficient (Wildman–Crippen LogP) is 3.76. The van der Waals surface area contributed by atoms with Crippen LogP contribution in [0, 0.1) is 5.92 Å². The fourth-order valence-electron chi connectivity index (χ4n) is 5.08. The monoisotopic (exact) mass is 440 g/mol. The van der Waals surface area contributed by atoms with Crippen molar-refractivity contribution in [3.63, 3.8) is 0 Å². The molecule has 7 nitrogen and oxygen atoms in total. The van der Waals surface area contributed by atoms with E-state index < -0.39 is 5.54 Å². The summed E-state index contributed by atoms with van der Waals surface area (Å²) in [6, 6.07) is 7.90. The molecule has 1 aromatic carbocycles. The maximum absolute atomic E-state index is 13.7. The van der Waals surface area contributed by atoms with Gasteiger partial charge >= 0.3 is 0 Å². The van der Waals surface area contributed by atoms with E-state index in [9.17, 15) is 9.59 Å². The number of hydrogen-bond donors (Lipinski definition) is 1. The highest BCUT2D eigenvalue weighted by Gasteiger charge is 2.48. The molecule has 4 rings (SSSR count). The van der Waals surface area contributed by atoms with Crippen LogP contribution < -0.4 is 5.32 Å². The summed E-state index contributed by atoms with van der Waals surface area (Å²) in [5, 5.41) is 3.31. The number of hydrogen-bond acceptors (Lipinski definition) is 4. The van der Waals surface area contributed by atoms with Gasteiger partial charge in [-0.3, -0.25) is 9.59 Å². The Hall–Kier alpha value is -2.41. The van der Waals surface area contributed by atoms with Crippen molar-refractivity contribution in [3.05, 3.63) is 30.1 Å². The molecule has 1 aliphatic heterocycles. The van der Waals surface area contributed by atoms with Crippen molar-refractivity contribution in [2.45, 2.75) is 84.0 Å². The van der Waals surface area contributed by atoms with Crippen molar-refractivity contribution in [1.29, 1.82) is 0 Å². The standard InChI is InChI=1S/C25H36N4O3/c1-17(2)32-15-9-14-29-23(30)22-26-20-12-7-8-13-21(20)28(22)16-25(29,4)24(31)27-19-11-6-5-10-18(19)3/h7-8,12-13,17-19H,5-6,9-11,14-16H2,1-4H3,(H,27,31)/t18-,19+,25+/m0/s1. The summed E-state index contributed by atoms with van der Waals surface area (Å²) in [6.07, 6.45) is 5.30. The lowest BCUT2D eigenvalue weighted by atomic mass is 9.85. The van der Waals surface area contributed by atoms with E-state index in [2.05, 4.69) is 17.2 Å². The van der Waals surface area contributed by atoms with Crippen LogP contribution in [0.2, 0.25) is 0 Å². The molecule has 2 amide bonds. The Labute approximate surface area is 190 Å². The molecule has 0 saturated heterocycles. The number of carbonyl (C=O) groups excluding carboxylic acids is 2. The van der Waals surface area contributed by atoms with Crippen LogP contribution in [0.3, 0.4) is 0 Å². The van der Waals surface area contributed by atoms with Crippen molar-refractivity contribution in [2.75, 3.05) is 13.2 Å². The van der Waals surface area contributed by atoms with Gasteiger partial charge in [0.1, 0.15) is 5.54 Å². The van der Waals surface area contributed by atoms with E-state index in [1.165, 1.54) is 6.42 Å². The van der Waals surface area contributed by atoms with E-state index in [4.69, 9.17) is 4.74 Å². The van der Waals surface area contributed by atoms with Crippen molar-refractivity contribution in [2.24, 2.45) is 5.92 Å². The highest BCUT2D eigenvalue weighted by molar-refractivity contribution is 6.01. The molecule has 1 aliphatic carbocycles. The van der Waals surface area contributed by atoms with E-state index in [1.54, 1.807) is 4.90 Å². The molecule has 0 radical (unpaired) electrons. The van der Waals surface area contributed by atoms with Gasteiger partial charge in [-0.15, -0.1) is 0 Å². The molecule has 1 aromatic heterocycles. The third-order valence-corrected chi connectivity index (χ3v) is 7.05. The molecule has 1 N–H and O–H groups in total. The zero-order valence-corrected chi connectivity index (χ0v) is 19.8. The SMILES string of the molecule is CC(C)OCCCN1C(=O)c2nc3ccccc3n2C[C@]1(C)C(=O)N[C@@H]1CCCC[C@@H]1C. The first-order valence-electron chi connectivity index (χ1n) is 12.0. The lowest BCUT2D eigenvalue weighted by Crippen LogP contribution is -2.65. The third kappa shape index (κ3) is 4.27. The highest BCUT2D eigenvalue weighted by atomic mass is 16.5. The van der Waals surface area contributed by atoms with Crippen molar-refractivity contribution >= 4 is 22.8 Å².